The monoisotopic (exact) mass is 370 g/mol. The Hall–Kier alpha value is -1.40. The van der Waals surface area contributed by atoms with Crippen molar-refractivity contribution >= 4 is 27.7 Å². The van der Waals surface area contributed by atoms with Gasteiger partial charge in [-0.25, -0.2) is 4.79 Å². The number of benzene rings is 1. The van der Waals surface area contributed by atoms with Gasteiger partial charge in [0.2, 0.25) is 0 Å². The van der Waals surface area contributed by atoms with Gasteiger partial charge in [-0.3, -0.25) is 4.79 Å². The smallest absolute Gasteiger partial charge is 0.341 e. The SMILES string of the molecule is COC(=O)c1cc(C(=O)CBr)ccc1OCC1CCOCC1. The molecule has 1 aliphatic rings. The Kier molecular flexibility index (Phi) is 6.39. The molecule has 0 radical (unpaired) electrons. The molecule has 1 fully saturated rings. The second kappa shape index (κ2) is 8.29. The molecule has 0 saturated carbocycles. The number of hydrogen-bond acceptors (Lipinski definition) is 5. The summed E-state index contributed by atoms with van der Waals surface area (Å²) in [6.45, 7) is 2.02. The number of rotatable bonds is 6. The van der Waals surface area contributed by atoms with E-state index in [4.69, 9.17) is 14.2 Å². The fourth-order valence-electron chi connectivity index (χ4n) is 2.30. The highest BCUT2D eigenvalue weighted by Crippen LogP contribution is 2.24. The minimum absolute atomic E-state index is 0.0962. The maximum absolute atomic E-state index is 11.9. The van der Waals surface area contributed by atoms with Crippen LogP contribution in [-0.4, -0.2) is 44.0 Å². The number of halogens is 1. The Morgan fingerprint density at radius 1 is 1.32 bits per heavy atom. The van der Waals surface area contributed by atoms with E-state index in [0.29, 0.717) is 23.8 Å². The van der Waals surface area contributed by atoms with Crippen molar-refractivity contribution in [3.05, 3.63) is 29.3 Å². The second-order valence-electron chi connectivity index (χ2n) is 5.13. The molecular weight excluding hydrogens is 352 g/mol. The molecule has 0 aliphatic carbocycles. The fourth-order valence-corrected chi connectivity index (χ4v) is 2.62. The molecule has 0 aromatic heterocycles. The summed E-state index contributed by atoms with van der Waals surface area (Å²) >= 11 is 3.12. The molecular formula is C16H19BrO5. The molecule has 0 N–H and O–H groups in total. The van der Waals surface area contributed by atoms with Crippen LogP contribution >= 0.6 is 15.9 Å². The Labute approximate surface area is 138 Å². The van der Waals surface area contributed by atoms with E-state index in [9.17, 15) is 9.59 Å². The first-order valence-corrected chi connectivity index (χ1v) is 8.30. The molecule has 120 valence electrons. The Bertz CT molecular complexity index is 537. The number of ether oxygens (including phenoxy) is 3. The van der Waals surface area contributed by atoms with Crippen LogP contribution in [0.3, 0.4) is 0 Å². The number of esters is 1. The summed E-state index contributed by atoms with van der Waals surface area (Å²) in [6.07, 6.45) is 1.90. The van der Waals surface area contributed by atoms with Crippen molar-refractivity contribution in [3.8, 4) is 5.75 Å². The first-order valence-electron chi connectivity index (χ1n) is 7.17. The maximum atomic E-state index is 11.9. The van der Waals surface area contributed by atoms with Crippen LogP contribution in [0.15, 0.2) is 18.2 Å². The lowest BCUT2D eigenvalue weighted by atomic mass is 10.0. The number of methoxy groups -OCH3 is 1. The van der Waals surface area contributed by atoms with Gasteiger partial charge in [-0.1, -0.05) is 15.9 Å². The molecule has 1 heterocycles. The highest BCUT2D eigenvalue weighted by atomic mass is 79.9. The Morgan fingerprint density at radius 2 is 2.05 bits per heavy atom. The van der Waals surface area contributed by atoms with Crippen LogP contribution in [0.4, 0.5) is 0 Å². The zero-order chi connectivity index (χ0) is 15.9. The second-order valence-corrected chi connectivity index (χ2v) is 5.69. The molecule has 0 bridgehead atoms. The lowest BCUT2D eigenvalue weighted by Gasteiger charge is -2.22. The third-order valence-corrected chi connectivity index (χ3v) is 4.15. The average molecular weight is 371 g/mol. The summed E-state index contributed by atoms with van der Waals surface area (Å²) in [5.74, 6) is 0.264. The third-order valence-electron chi connectivity index (χ3n) is 3.64. The zero-order valence-electron chi connectivity index (χ0n) is 12.5. The number of alkyl halides is 1. The van der Waals surface area contributed by atoms with Crippen LogP contribution in [0.25, 0.3) is 0 Å². The molecule has 0 spiro atoms. The van der Waals surface area contributed by atoms with Gasteiger partial charge in [-0.05, 0) is 37.0 Å². The first kappa shape index (κ1) is 17.0. The quantitative estimate of drug-likeness (QED) is 0.437. The van der Waals surface area contributed by atoms with E-state index in [1.54, 1.807) is 12.1 Å². The maximum Gasteiger partial charge on any atom is 0.341 e. The number of carbonyl (C=O) groups is 2. The predicted octanol–water partition coefficient (Wildman–Crippen LogP) is 2.86. The van der Waals surface area contributed by atoms with E-state index < -0.39 is 5.97 Å². The predicted molar refractivity (Wildman–Crippen MR) is 84.9 cm³/mol. The van der Waals surface area contributed by atoms with Crippen LogP contribution in [0.1, 0.15) is 33.6 Å². The number of ketones is 1. The van der Waals surface area contributed by atoms with Gasteiger partial charge in [0.15, 0.2) is 5.78 Å². The molecule has 1 aliphatic heterocycles. The highest BCUT2D eigenvalue weighted by Gasteiger charge is 2.19. The summed E-state index contributed by atoms with van der Waals surface area (Å²) in [7, 11) is 1.31. The van der Waals surface area contributed by atoms with Crippen molar-refractivity contribution in [1.82, 2.24) is 0 Å². The number of hydrogen-bond donors (Lipinski definition) is 0. The molecule has 5 nitrogen and oxygen atoms in total. The van der Waals surface area contributed by atoms with Gasteiger partial charge in [-0.15, -0.1) is 0 Å². The van der Waals surface area contributed by atoms with Gasteiger partial charge >= 0.3 is 5.97 Å². The summed E-state index contributed by atoms with van der Waals surface area (Å²) in [6, 6.07) is 4.84. The van der Waals surface area contributed by atoms with Gasteiger partial charge in [-0.2, -0.15) is 0 Å². The summed E-state index contributed by atoms with van der Waals surface area (Å²) in [4.78, 5) is 23.6. The van der Waals surface area contributed by atoms with Gasteiger partial charge in [0.25, 0.3) is 0 Å². The largest absolute Gasteiger partial charge is 0.492 e. The van der Waals surface area contributed by atoms with E-state index in [1.165, 1.54) is 13.2 Å². The molecule has 0 amide bonds. The highest BCUT2D eigenvalue weighted by molar-refractivity contribution is 9.09. The van der Waals surface area contributed by atoms with Crippen LogP contribution in [-0.2, 0) is 9.47 Å². The van der Waals surface area contributed by atoms with E-state index >= 15 is 0 Å². The molecule has 6 heteroatoms. The zero-order valence-corrected chi connectivity index (χ0v) is 14.1. The molecule has 22 heavy (non-hydrogen) atoms. The standard InChI is InChI=1S/C16H19BrO5/c1-20-16(19)13-8-12(14(18)9-17)2-3-15(13)22-10-11-4-6-21-7-5-11/h2-3,8,11H,4-7,9-10H2,1H3. The molecule has 1 aromatic rings. The van der Waals surface area contributed by atoms with Crippen molar-refractivity contribution in [2.24, 2.45) is 5.92 Å². The first-order chi connectivity index (χ1) is 10.7. The molecule has 2 rings (SSSR count). The number of carbonyl (C=O) groups excluding carboxylic acids is 2. The Morgan fingerprint density at radius 3 is 2.68 bits per heavy atom. The minimum Gasteiger partial charge on any atom is -0.492 e. The van der Waals surface area contributed by atoms with Gasteiger partial charge in [0.05, 0.1) is 19.0 Å². The average Bonchev–Trinajstić information content (AvgIpc) is 2.59. The van der Waals surface area contributed by atoms with Gasteiger partial charge in [0.1, 0.15) is 11.3 Å². The van der Waals surface area contributed by atoms with Crippen molar-refractivity contribution < 1.29 is 23.8 Å². The third kappa shape index (κ3) is 4.30. The van der Waals surface area contributed by atoms with Crippen LogP contribution < -0.4 is 4.74 Å². The summed E-state index contributed by atoms with van der Waals surface area (Å²) < 4.78 is 15.9. The van der Waals surface area contributed by atoms with Gasteiger partial charge in [0, 0.05) is 18.8 Å². The number of Topliss-reactive ketones (excluding diaryl/α,β-unsaturated/α-hetero) is 1. The summed E-state index contributed by atoms with van der Waals surface area (Å²) in [5.41, 5.74) is 0.733. The lowest BCUT2D eigenvalue weighted by Crippen LogP contribution is -2.22. The van der Waals surface area contributed by atoms with E-state index in [1.807, 2.05) is 0 Å². The molecule has 0 atom stereocenters. The normalized spacial score (nSPS) is 15.4. The van der Waals surface area contributed by atoms with Crippen molar-refractivity contribution in [1.29, 1.82) is 0 Å². The van der Waals surface area contributed by atoms with Crippen LogP contribution in [0.2, 0.25) is 0 Å². The van der Waals surface area contributed by atoms with Crippen LogP contribution in [0, 0.1) is 5.92 Å². The topological polar surface area (TPSA) is 61.8 Å². The molecule has 1 saturated heterocycles. The van der Waals surface area contributed by atoms with Gasteiger partial charge < -0.3 is 14.2 Å². The summed E-state index contributed by atoms with van der Waals surface area (Å²) in [5, 5.41) is 0.204. The molecule has 0 unspecified atom stereocenters. The van der Waals surface area contributed by atoms with Crippen LogP contribution in [0.5, 0.6) is 5.75 Å². The fraction of sp³-hybridized carbons (Fsp3) is 0.500. The Balaban J connectivity index is 2.14. The van der Waals surface area contributed by atoms with Crippen molar-refractivity contribution in [3.63, 3.8) is 0 Å². The molecule has 1 aromatic carbocycles. The van der Waals surface area contributed by atoms with E-state index in [-0.39, 0.29) is 16.7 Å². The van der Waals surface area contributed by atoms with E-state index in [0.717, 1.165) is 26.1 Å². The van der Waals surface area contributed by atoms with Crippen molar-refractivity contribution in [2.45, 2.75) is 12.8 Å². The minimum atomic E-state index is -0.508. The van der Waals surface area contributed by atoms with Crippen molar-refractivity contribution in [2.75, 3.05) is 32.3 Å². The lowest BCUT2D eigenvalue weighted by molar-refractivity contribution is 0.0483. The van der Waals surface area contributed by atoms with E-state index in [2.05, 4.69) is 15.9 Å².